The number of pyridine rings is 1. The average Bonchev–Trinajstić information content (AvgIpc) is 2.48. The highest BCUT2D eigenvalue weighted by Gasteiger charge is 2.06. The van der Waals surface area contributed by atoms with Gasteiger partial charge in [-0.05, 0) is 17.7 Å². The molecule has 2 aromatic rings. The Labute approximate surface area is 118 Å². The van der Waals surface area contributed by atoms with E-state index in [0.29, 0.717) is 17.3 Å². The van der Waals surface area contributed by atoms with Gasteiger partial charge < -0.3 is 5.21 Å². The van der Waals surface area contributed by atoms with E-state index in [2.05, 4.69) is 10.1 Å². The number of rotatable bonds is 3. The van der Waals surface area contributed by atoms with Crippen molar-refractivity contribution in [3.63, 3.8) is 0 Å². The highest BCUT2D eigenvalue weighted by Crippen LogP contribution is 2.09. The highest BCUT2D eigenvalue weighted by atomic mass is 35.5. The van der Waals surface area contributed by atoms with Gasteiger partial charge in [-0.3, -0.25) is 0 Å². The summed E-state index contributed by atoms with van der Waals surface area (Å²) >= 11 is 5.80. The van der Waals surface area contributed by atoms with Crippen molar-refractivity contribution in [2.24, 2.45) is 5.16 Å². The van der Waals surface area contributed by atoms with Crippen LogP contribution in [0.2, 0.25) is 5.15 Å². The number of aromatic nitrogens is 1. The minimum atomic E-state index is 0.438. The van der Waals surface area contributed by atoms with Crippen molar-refractivity contribution >= 4 is 17.3 Å². The van der Waals surface area contributed by atoms with E-state index in [4.69, 9.17) is 16.8 Å². The fraction of sp³-hybridized carbons (Fsp3) is 0.200. The molecule has 0 aliphatic rings. The maximum Gasteiger partial charge on any atom is 0.129 e. The van der Waals surface area contributed by atoms with Gasteiger partial charge in [-0.15, -0.1) is 0 Å². The zero-order valence-corrected chi connectivity index (χ0v) is 11.8. The third-order valence-corrected chi connectivity index (χ3v) is 2.56. The highest BCUT2D eigenvalue weighted by molar-refractivity contribution is 6.29. The second-order valence-corrected chi connectivity index (χ2v) is 3.93. The maximum absolute atomic E-state index is 9.04. The van der Waals surface area contributed by atoms with E-state index in [1.54, 1.807) is 6.07 Å². The first-order valence-corrected chi connectivity index (χ1v) is 6.55. The molecule has 1 aromatic carbocycles. The van der Waals surface area contributed by atoms with E-state index in [-0.39, 0.29) is 0 Å². The topological polar surface area (TPSA) is 45.5 Å². The number of oxime groups is 1. The Balaban J connectivity index is 0.000000861. The molecule has 0 bridgehead atoms. The van der Waals surface area contributed by atoms with Crippen molar-refractivity contribution in [2.45, 2.75) is 20.3 Å². The molecule has 0 unspecified atom stereocenters. The van der Waals surface area contributed by atoms with Gasteiger partial charge in [0, 0.05) is 12.1 Å². The van der Waals surface area contributed by atoms with Crippen LogP contribution in [0.4, 0.5) is 0 Å². The molecule has 0 amide bonds. The maximum atomic E-state index is 9.04. The zero-order valence-electron chi connectivity index (χ0n) is 11.0. The Morgan fingerprint density at radius 2 is 1.79 bits per heavy atom. The fourth-order valence-electron chi connectivity index (χ4n) is 1.55. The molecular weight excluding hydrogens is 260 g/mol. The SMILES string of the molecule is CC.ON=C(Cc1cccc(Cl)n1)c1ccccc1. The van der Waals surface area contributed by atoms with Crippen molar-refractivity contribution in [3.05, 3.63) is 64.9 Å². The summed E-state index contributed by atoms with van der Waals surface area (Å²) in [6.45, 7) is 4.00. The fourth-order valence-corrected chi connectivity index (χ4v) is 1.73. The molecule has 1 N–H and O–H groups in total. The molecule has 0 aliphatic heterocycles. The normalized spacial score (nSPS) is 10.6. The van der Waals surface area contributed by atoms with Crippen LogP contribution >= 0.6 is 11.6 Å². The summed E-state index contributed by atoms with van der Waals surface area (Å²) in [5.41, 5.74) is 2.21. The molecule has 0 fully saturated rings. The van der Waals surface area contributed by atoms with Crippen LogP contribution in [0.1, 0.15) is 25.1 Å². The van der Waals surface area contributed by atoms with E-state index in [9.17, 15) is 0 Å². The largest absolute Gasteiger partial charge is 0.411 e. The Hall–Kier alpha value is -1.87. The molecule has 0 saturated carbocycles. The number of halogens is 1. The van der Waals surface area contributed by atoms with Crippen LogP contribution < -0.4 is 0 Å². The van der Waals surface area contributed by atoms with Crippen molar-refractivity contribution in [1.29, 1.82) is 0 Å². The predicted octanol–water partition coefficient (Wildman–Crippen LogP) is 4.18. The van der Waals surface area contributed by atoms with E-state index < -0.39 is 0 Å². The van der Waals surface area contributed by atoms with Crippen LogP contribution in [0.5, 0.6) is 0 Å². The first-order valence-electron chi connectivity index (χ1n) is 6.17. The lowest BCUT2D eigenvalue weighted by molar-refractivity contribution is 0.318. The van der Waals surface area contributed by atoms with E-state index in [1.807, 2.05) is 56.3 Å². The standard InChI is InChI=1S/C13H11ClN2O.C2H6/c14-13-8-4-7-11(15-13)9-12(16-17)10-5-2-1-3-6-10;1-2/h1-8,17H,9H2;1-2H3. The number of hydrogen-bond acceptors (Lipinski definition) is 3. The summed E-state index contributed by atoms with van der Waals surface area (Å²) in [6.07, 6.45) is 0.446. The van der Waals surface area contributed by atoms with E-state index in [0.717, 1.165) is 11.3 Å². The molecule has 0 radical (unpaired) electrons. The van der Waals surface area contributed by atoms with E-state index >= 15 is 0 Å². The third-order valence-electron chi connectivity index (χ3n) is 2.35. The van der Waals surface area contributed by atoms with Gasteiger partial charge in [0.05, 0.1) is 5.71 Å². The number of hydrogen-bond donors (Lipinski definition) is 1. The van der Waals surface area contributed by atoms with Gasteiger partial charge >= 0.3 is 0 Å². The molecule has 19 heavy (non-hydrogen) atoms. The van der Waals surface area contributed by atoms with Gasteiger partial charge in [0.2, 0.25) is 0 Å². The van der Waals surface area contributed by atoms with Crippen LogP contribution in [0.25, 0.3) is 0 Å². The molecule has 0 saturated heterocycles. The lowest BCUT2D eigenvalue weighted by atomic mass is 10.1. The molecule has 1 aromatic heterocycles. The molecular formula is C15H17ClN2O. The molecule has 3 nitrogen and oxygen atoms in total. The van der Waals surface area contributed by atoms with Crippen molar-refractivity contribution in [1.82, 2.24) is 4.98 Å². The summed E-state index contributed by atoms with van der Waals surface area (Å²) in [7, 11) is 0. The quantitative estimate of drug-likeness (QED) is 0.396. The Morgan fingerprint density at radius 1 is 1.11 bits per heavy atom. The van der Waals surface area contributed by atoms with Crippen LogP contribution in [-0.2, 0) is 6.42 Å². The lowest BCUT2D eigenvalue weighted by Gasteiger charge is -2.04. The number of nitrogens with zero attached hydrogens (tertiary/aromatic N) is 2. The minimum Gasteiger partial charge on any atom is -0.411 e. The Morgan fingerprint density at radius 3 is 2.37 bits per heavy atom. The summed E-state index contributed by atoms with van der Waals surface area (Å²) in [5, 5.41) is 12.8. The number of benzene rings is 1. The lowest BCUT2D eigenvalue weighted by Crippen LogP contribution is -2.06. The summed E-state index contributed by atoms with van der Waals surface area (Å²) in [6, 6.07) is 14.9. The average molecular weight is 277 g/mol. The van der Waals surface area contributed by atoms with Crippen molar-refractivity contribution in [3.8, 4) is 0 Å². The molecule has 0 aliphatic carbocycles. The van der Waals surface area contributed by atoms with E-state index in [1.165, 1.54) is 0 Å². The van der Waals surface area contributed by atoms with Crippen LogP contribution in [0, 0.1) is 0 Å². The van der Waals surface area contributed by atoms with Gasteiger partial charge in [0.1, 0.15) is 5.15 Å². The Kier molecular flexibility index (Phi) is 6.61. The summed E-state index contributed by atoms with van der Waals surface area (Å²) in [4.78, 5) is 4.16. The molecule has 4 heteroatoms. The molecule has 100 valence electrons. The van der Waals surface area contributed by atoms with Crippen LogP contribution in [-0.4, -0.2) is 15.9 Å². The minimum absolute atomic E-state index is 0.438. The van der Waals surface area contributed by atoms with Gasteiger partial charge in [0.25, 0.3) is 0 Å². The van der Waals surface area contributed by atoms with Crippen molar-refractivity contribution < 1.29 is 5.21 Å². The first-order chi connectivity index (χ1) is 9.29. The Bertz CT molecular complexity index is 527. The van der Waals surface area contributed by atoms with Gasteiger partial charge in [0.15, 0.2) is 0 Å². The second-order valence-electron chi connectivity index (χ2n) is 3.54. The molecule has 1 heterocycles. The van der Waals surface area contributed by atoms with Crippen LogP contribution in [0.3, 0.4) is 0 Å². The third kappa shape index (κ3) is 4.72. The zero-order chi connectivity index (χ0) is 14.1. The first kappa shape index (κ1) is 15.2. The monoisotopic (exact) mass is 276 g/mol. The van der Waals surface area contributed by atoms with Gasteiger partial charge in [-0.25, -0.2) is 4.98 Å². The van der Waals surface area contributed by atoms with Gasteiger partial charge in [-0.2, -0.15) is 0 Å². The van der Waals surface area contributed by atoms with Gasteiger partial charge in [-0.1, -0.05) is 67.0 Å². The summed E-state index contributed by atoms with van der Waals surface area (Å²) < 4.78 is 0. The predicted molar refractivity (Wildman–Crippen MR) is 79.1 cm³/mol. The van der Waals surface area contributed by atoms with Crippen LogP contribution in [0.15, 0.2) is 53.7 Å². The molecule has 2 rings (SSSR count). The summed E-state index contributed by atoms with van der Waals surface area (Å²) in [5.74, 6) is 0. The van der Waals surface area contributed by atoms with Crippen molar-refractivity contribution in [2.75, 3.05) is 0 Å². The smallest absolute Gasteiger partial charge is 0.129 e. The molecule has 0 spiro atoms. The molecule has 0 atom stereocenters. The second kappa shape index (κ2) is 8.27.